The Bertz CT molecular complexity index is 987. The van der Waals surface area contributed by atoms with Gasteiger partial charge in [0, 0.05) is 23.7 Å². The zero-order chi connectivity index (χ0) is 19.3. The van der Waals surface area contributed by atoms with Gasteiger partial charge in [-0.25, -0.2) is 4.98 Å². The summed E-state index contributed by atoms with van der Waals surface area (Å²) in [7, 11) is 0. The summed E-state index contributed by atoms with van der Waals surface area (Å²) in [5.74, 6) is 0.753. The summed E-state index contributed by atoms with van der Waals surface area (Å²) in [6.07, 6.45) is 5.18. The third-order valence-electron chi connectivity index (χ3n) is 5.21. The van der Waals surface area contributed by atoms with Gasteiger partial charge in [0.05, 0.1) is 5.69 Å². The Balaban J connectivity index is 1.62. The van der Waals surface area contributed by atoms with E-state index in [-0.39, 0.29) is 11.3 Å². The predicted octanol–water partition coefficient (Wildman–Crippen LogP) is 4.19. The third-order valence-corrected chi connectivity index (χ3v) is 5.21. The second kappa shape index (κ2) is 8.40. The first-order valence-electron chi connectivity index (χ1n) is 9.90. The SMILES string of the molecule is O=c1cc(-c2ccc(O)cc2)nc(-c2cccc(CN3CCCCCC3)c2)[nH]1. The smallest absolute Gasteiger partial charge is 0.251 e. The second-order valence-corrected chi connectivity index (χ2v) is 7.42. The van der Waals surface area contributed by atoms with Crippen LogP contribution in [-0.4, -0.2) is 33.1 Å². The lowest BCUT2D eigenvalue weighted by molar-refractivity contribution is 0.277. The molecule has 0 aliphatic carbocycles. The van der Waals surface area contributed by atoms with Crippen molar-refractivity contribution in [3.8, 4) is 28.4 Å². The topological polar surface area (TPSA) is 69.2 Å². The van der Waals surface area contributed by atoms with Crippen LogP contribution in [0, 0.1) is 0 Å². The van der Waals surface area contributed by atoms with Gasteiger partial charge >= 0.3 is 0 Å². The van der Waals surface area contributed by atoms with Crippen LogP contribution in [0.1, 0.15) is 31.2 Å². The Kier molecular flexibility index (Phi) is 5.53. The molecule has 0 amide bonds. The van der Waals surface area contributed by atoms with Gasteiger partial charge in [-0.05, 0) is 61.8 Å². The van der Waals surface area contributed by atoms with Crippen molar-refractivity contribution in [2.75, 3.05) is 13.1 Å². The van der Waals surface area contributed by atoms with Gasteiger partial charge in [0.25, 0.3) is 5.56 Å². The summed E-state index contributed by atoms with van der Waals surface area (Å²) in [6, 6.07) is 16.4. The molecule has 2 heterocycles. The molecule has 28 heavy (non-hydrogen) atoms. The number of rotatable bonds is 4. The van der Waals surface area contributed by atoms with Crippen molar-refractivity contribution in [1.29, 1.82) is 0 Å². The molecular weight excluding hydrogens is 350 g/mol. The summed E-state index contributed by atoms with van der Waals surface area (Å²) in [4.78, 5) is 22.2. The normalized spacial score (nSPS) is 15.3. The number of benzene rings is 2. The number of nitrogens with zero attached hydrogens (tertiary/aromatic N) is 2. The highest BCUT2D eigenvalue weighted by Gasteiger charge is 2.11. The maximum atomic E-state index is 12.2. The Hall–Kier alpha value is -2.92. The number of aromatic hydroxyl groups is 1. The minimum Gasteiger partial charge on any atom is -0.508 e. The minimum absolute atomic E-state index is 0.189. The zero-order valence-electron chi connectivity index (χ0n) is 15.9. The molecule has 0 unspecified atom stereocenters. The molecule has 0 bridgehead atoms. The Morgan fingerprint density at radius 1 is 0.929 bits per heavy atom. The average Bonchev–Trinajstić information content (AvgIpc) is 2.97. The highest BCUT2D eigenvalue weighted by molar-refractivity contribution is 5.64. The molecule has 2 N–H and O–H groups in total. The van der Waals surface area contributed by atoms with Crippen LogP contribution in [0.15, 0.2) is 59.4 Å². The Morgan fingerprint density at radius 3 is 2.43 bits per heavy atom. The molecule has 0 radical (unpaired) electrons. The van der Waals surface area contributed by atoms with E-state index >= 15 is 0 Å². The summed E-state index contributed by atoms with van der Waals surface area (Å²) in [6.45, 7) is 3.22. The number of aromatic amines is 1. The summed E-state index contributed by atoms with van der Waals surface area (Å²) < 4.78 is 0. The number of nitrogens with one attached hydrogen (secondary N) is 1. The maximum absolute atomic E-state index is 12.2. The van der Waals surface area contributed by atoms with Crippen molar-refractivity contribution in [3.63, 3.8) is 0 Å². The van der Waals surface area contributed by atoms with Crippen LogP contribution < -0.4 is 5.56 Å². The van der Waals surface area contributed by atoms with Crippen molar-refractivity contribution >= 4 is 0 Å². The first kappa shape index (κ1) is 18.4. The molecule has 5 nitrogen and oxygen atoms in total. The molecule has 3 aromatic rings. The van der Waals surface area contributed by atoms with E-state index in [1.807, 2.05) is 12.1 Å². The summed E-state index contributed by atoms with van der Waals surface area (Å²) >= 11 is 0. The van der Waals surface area contributed by atoms with Gasteiger partial charge in [-0.3, -0.25) is 9.69 Å². The van der Waals surface area contributed by atoms with E-state index < -0.39 is 0 Å². The first-order chi connectivity index (χ1) is 13.7. The Labute approximate surface area is 164 Å². The van der Waals surface area contributed by atoms with Crippen LogP contribution in [0.2, 0.25) is 0 Å². The first-order valence-corrected chi connectivity index (χ1v) is 9.90. The number of H-pyrrole nitrogens is 1. The quantitative estimate of drug-likeness (QED) is 0.718. The van der Waals surface area contributed by atoms with Crippen LogP contribution in [0.4, 0.5) is 0 Å². The van der Waals surface area contributed by atoms with Gasteiger partial charge in [-0.2, -0.15) is 0 Å². The van der Waals surface area contributed by atoms with Gasteiger partial charge in [0.1, 0.15) is 11.6 Å². The second-order valence-electron chi connectivity index (χ2n) is 7.42. The van der Waals surface area contributed by atoms with Crippen LogP contribution in [-0.2, 0) is 6.54 Å². The number of phenols is 1. The molecule has 0 saturated carbocycles. The van der Waals surface area contributed by atoms with E-state index in [4.69, 9.17) is 0 Å². The lowest BCUT2D eigenvalue weighted by Gasteiger charge is -2.20. The Morgan fingerprint density at radius 2 is 1.68 bits per heavy atom. The fourth-order valence-electron chi connectivity index (χ4n) is 3.74. The van der Waals surface area contributed by atoms with Crippen LogP contribution in [0.25, 0.3) is 22.6 Å². The van der Waals surface area contributed by atoms with E-state index in [1.54, 1.807) is 24.3 Å². The van der Waals surface area contributed by atoms with E-state index in [1.165, 1.54) is 37.3 Å². The van der Waals surface area contributed by atoms with E-state index in [0.717, 1.165) is 30.8 Å². The van der Waals surface area contributed by atoms with E-state index in [0.29, 0.717) is 11.5 Å². The lowest BCUT2D eigenvalue weighted by atomic mass is 10.1. The number of hydrogen-bond acceptors (Lipinski definition) is 4. The van der Waals surface area contributed by atoms with Crippen molar-refractivity contribution in [1.82, 2.24) is 14.9 Å². The molecule has 1 saturated heterocycles. The van der Waals surface area contributed by atoms with Gasteiger partial charge in [0.15, 0.2) is 0 Å². The molecule has 1 aromatic heterocycles. The molecule has 0 spiro atoms. The van der Waals surface area contributed by atoms with Gasteiger partial charge in [-0.1, -0.05) is 31.0 Å². The molecule has 4 rings (SSSR count). The molecule has 0 atom stereocenters. The fourth-order valence-corrected chi connectivity index (χ4v) is 3.74. The number of likely N-dealkylation sites (tertiary alicyclic amines) is 1. The largest absolute Gasteiger partial charge is 0.508 e. The van der Waals surface area contributed by atoms with Crippen molar-refractivity contribution in [3.05, 3.63) is 70.5 Å². The standard InChI is InChI=1S/C23H25N3O2/c27-20-10-8-18(9-11-20)21-15-22(28)25-23(24-21)19-7-5-6-17(14-19)16-26-12-3-1-2-4-13-26/h5-11,14-15,27H,1-4,12-13,16H2,(H,24,25,28). The minimum atomic E-state index is -0.189. The predicted molar refractivity (Wildman–Crippen MR) is 111 cm³/mol. The molecule has 2 aromatic carbocycles. The number of aromatic nitrogens is 2. The van der Waals surface area contributed by atoms with Crippen molar-refractivity contribution in [2.45, 2.75) is 32.2 Å². The number of hydrogen-bond donors (Lipinski definition) is 2. The van der Waals surface area contributed by atoms with Crippen LogP contribution in [0.5, 0.6) is 5.75 Å². The van der Waals surface area contributed by atoms with Crippen molar-refractivity contribution in [2.24, 2.45) is 0 Å². The monoisotopic (exact) mass is 375 g/mol. The fraction of sp³-hybridized carbons (Fsp3) is 0.304. The molecule has 5 heteroatoms. The van der Waals surface area contributed by atoms with E-state index in [9.17, 15) is 9.90 Å². The molecule has 1 aliphatic heterocycles. The van der Waals surface area contributed by atoms with E-state index in [2.05, 4.69) is 27.0 Å². The molecular formula is C23H25N3O2. The molecule has 144 valence electrons. The lowest BCUT2D eigenvalue weighted by Crippen LogP contribution is -2.23. The van der Waals surface area contributed by atoms with Gasteiger partial charge in [0.2, 0.25) is 0 Å². The number of phenolic OH excluding ortho intramolecular Hbond substituents is 1. The zero-order valence-corrected chi connectivity index (χ0v) is 15.9. The molecule has 1 fully saturated rings. The van der Waals surface area contributed by atoms with Gasteiger partial charge < -0.3 is 10.1 Å². The third kappa shape index (κ3) is 4.49. The summed E-state index contributed by atoms with van der Waals surface area (Å²) in [5.41, 5.74) is 3.34. The highest BCUT2D eigenvalue weighted by Crippen LogP contribution is 2.23. The summed E-state index contributed by atoms with van der Waals surface area (Å²) in [5, 5.41) is 9.48. The van der Waals surface area contributed by atoms with Gasteiger partial charge in [-0.15, -0.1) is 0 Å². The maximum Gasteiger partial charge on any atom is 0.251 e. The highest BCUT2D eigenvalue weighted by atomic mass is 16.3. The van der Waals surface area contributed by atoms with Crippen LogP contribution in [0.3, 0.4) is 0 Å². The van der Waals surface area contributed by atoms with Crippen molar-refractivity contribution < 1.29 is 5.11 Å². The molecule has 1 aliphatic rings. The average molecular weight is 375 g/mol. The van der Waals surface area contributed by atoms with Crippen LogP contribution >= 0.6 is 0 Å².